The number of hydrogen-bond acceptors (Lipinski definition) is 2. The number of aromatic nitrogens is 1. The fraction of sp³-hybridized carbons (Fsp3) is 0.550. The van der Waals surface area contributed by atoms with Crippen LogP contribution >= 0.6 is 0 Å². The molecule has 2 amide bonds. The molecular weight excluding hydrogens is 312 g/mol. The molecule has 1 aromatic heterocycles. The number of nitrogens with one attached hydrogen (secondary N) is 2. The molecule has 1 aliphatic rings. The molecule has 2 aromatic rings. The van der Waals surface area contributed by atoms with Crippen LogP contribution in [0.2, 0.25) is 0 Å². The van der Waals surface area contributed by atoms with Crippen molar-refractivity contribution in [2.75, 3.05) is 38.5 Å². The lowest BCUT2D eigenvalue weighted by atomic mass is 9.96. The van der Waals surface area contributed by atoms with Gasteiger partial charge >= 0.3 is 6.03 Å². The van der Waals surface area contributed by atoms with Crippen molar-refractivity contribution in [2.45, 2.75) is 32.6 Å². The van der Waals surface area contributed by atoms with Gasteiger partial charge in [0.1, 0.15) is 0 Å². The first-order valence-electron chi connectivity index (χ1n) is 9.48. The molecule has 1 aliphatic heterocycles. The summed E-state index contributed by atoms with van der Waals surface area (Å²) >= 11 is 0. The summed E-state index contributed by atoms with van der Waals surface area (Å²) < 4.78 is 0. The number of anilines is 1. The predicted octanol–water partition coefficient (Wildman–Crippen LogP) is 4.14. The number of rotatable bonds is 6. The first-order chi connectivity index (χ1) is 12.2. The largest absolute Gasteiger partial charge is 0.361 e. The van der Waals surface area contributed by atoms with Gasteiger partial charge in [-0.1, -0.05) is 19.4 Å². The maximum Gasteiger partial charge on any atom is 0.321 e. The van der Waals surface area contributed by atoms with Gasteiger partial charge in [0, 0.05) is 36.7 Å². The van der Waals surface area contributed by atoms with E-state index in [1.165, 1.54) is 19.4 Å². The molecule has 5 heteroatoms. The normalized spacial score (nSPS) is 15.9. The molecule has 0 saturated carbocycles. The van der Waals surface area contributed by atoms with Crippen LogP contribution in [0.15, 0.2) is 30.5 Å². The van der Waals surface area contributed by atoms with Crippen LogP contribution in [0.4, 0.5) is 10.5 Å². The molecule has 0 bridgehead atoms. The van der Waals surface area contributed by atoms with Crippen LogP contribution in [0.5, 0.6) is 0 Å². The lowest BCUT2D eigenvalue weighted by Gasteiger charge is -2.34. The van der Waals surface area contributed by atoms with E-state index < -0.39 is 0 Å². The molecule has 5 nitrogen and oxygen atoms in total. The minimum atomic E-state index is 0.0199. The van der Waals surface area contributed by atoms with Crippen molar-refractivity contribution < 1.29 is 4.79 Å². The number of fused-ring (bicyclic) bond motifs is 1. The molecule has 25 heavy (non-hydrogen) atoms. The van der Waals surface area contributed by atoms with Gasteiger partial charge in [0.05, 0.1) is 5.69 Å². The average molecular weight is 342 g/mol. The molecular formula is C20H30N4O. The Bertz CT molecular complexity index is 688. The Morgan fingerprint density at radius 3 is 2.88 bits per heavy atom. The van der Waals surface area contributed by atoms with E-state index in [2.05, 4.69) is 29.2 Å². The van der Waals surface area contributed by atoms with Gasteiger partial charge in [0.2, 0.25) is 0 Å². The van der Waals surface area contributed by atoms with Crippen molar-refractivity contribution in [3.05, 3.63) is 30.5 Å². The Kier molecular flexibility index (Phi) is 5.97. The third kappa shape index (κ3) is 4.54. The Morgan fingerprint density at radius 1 is 1.32 bits per heavy atom. The number of carbonyl (C=O) groups is 1. The Balaban J connectivity index is 1.49. The van der Waals surface area contributed by atoms with Gasteiger partial charge in [-0.05, 0) is 57.0 Å². The number of benzene rings is 1. The third-order valence-electron chi connectivity index (χ3n) is 5.20. The van der Waals surface area contributed by atoms with Crippen molar-refractivity contribution >= 4 is 22.6 Å². The van der Waals surface area contributed by atoms with E-state index in [4.69, 9.17) is 0 Å². The van der Waals surface area contributed by atoms with Crippen LogP contribution in [0.3, 0.4) is 0 Å². The number of H-pyrrole nitrogens is 1. The standard InChI is InChI=1S/C20H30N4O/c1-3-4-12-23(2)15-16-9-13-24(14-10-16)20(25)22-19-7-5-6-18-17(19)8-11-21-18/h5-8,11,16,21H,3-4,9-10,12-15H2,1-2H3,(H,22,25). The summed E-state index contributed by atoms with van der Waals surface area (Å²) in [5.41, 5.74) is 1.93. The molecule has 2 N–H and O–H groups in total. The summed E-state index contributed by atoms with van der Waals surface area (Å²) in [5, 5.41) is 4.14. The summed E-state index contributed by atoms with van der Waals surface area (Å²) in [7, 11) is 2.21. The molecule has 1 aromatic carbocycles. The van der Waals surface area contributed by atoms with E-state index in [1.807, 2.05) is 35.4 Å². The molecule has 2 heterocycles. The number of unbranched alkanes of at least 4 members (excludes halogenated alkanes) is 1. The van der Waals surface area contributed by atoms with E-state index in [9.17, 15) is 4.79 Å². The molecule has 3 rings (SSSR count). The maximum absolute atomic E-state index is 12.6. The predicted molar refractivity (Wildman–Crippen MR) is 104 cm³/mol. The first-order valence-corrected chi connectivity index (χ1v) is 9.48. The van der Waals surface area contributed by atoms with Crippen molar-refractivity contribution in [3.8, 4) is 0 Å². The molecule has 0 spiro atoms. The van der Waals surface area contributed by atoms with Crippen LogP contribution in [-0.4, -0.2) is 54.0 Å². The van der Waals surface area contributed by atoms with Gasteiger partial charge in [0.15, 0.2) is 0 Å². The molecule has 0 atom stereocenters. The SMILES string of the molecule is CCCCN(C)CC1CCN(C(=O)Nc2cccc3[nH]ccc23)CC1. The number of nitrogens with zero attached hydrogens (tertiary/aromatic N) is 2. The van der Waals surface area contributed by atoms with Gasteiger partial charge in [-0.25, -0.2) is 4.79 Å². The number of urea groups is 1. The average Bonchev–Trinajstić information content (AvgIpc) is 3.10. The highest BCUT2D eigenvalue weighted by Gasteiger charge is 2.23. The summed E-state index contributed by atoms with van der Waals surface area (Å²) in [4.78, 5) is 20.2. The van der Waals surface area contributed by atoms with Crippen LogP contribution in [0.1, 0.15) is 32.6 Å². The zero-order valence-corrected chi connectivity index (χ0v) is 15.4. The van der Waals surface area contributed by atoms with Crippen molar-refractivity contribution in [1.29, 1.82) is 0 Å². The molecule has 0 radical (unpaired) electrons. The lowest BCUT2D eigenvalue weighted by Crippen LogP contribution is -2.43. The first kappa shape index (κ1) is 17.8. The highest BCUT2D eigenvalue weighted by atomic mass is 16.2. The van der Waals surface area contributed by atoms with Gasteiger partial charge in [-0.15, -0.1) is 0 Å². The Labute approximate surface area is 150 Å². The molecule has 1 fully saturated rings. The number of hydrogen-bond donors (Lipinski definition) is 2. The second-order valence-electron chi connectivity index (χ2n) is 7.22. The highest BCUT2D eigenvalue weighted by molar-refractivity contribution is 6.00. The number of carbonyl (C=O) groups excluding carboxylic acids is 1. The molecule has 136 valence electrons. The summed E-state index contributed by atoms with van der Waals surface area (Å²) in [6.45, 7) is 6.26. The van der Waals surface area contributed by atoms with Gasteiger partial charge in [0.25, 0.3) is 0 Å². The third-order valence-corrected chi connectivity index (χ3v) is 5.20. The van der Waals surface area contributed by atoms with Gasteiger partial charge < -0.3 is 20.1 Å². The number of piperidine rings is 1. The summed E-state index contributed by atoms with van der Waals surface area (Å²) in [6, 6.07) is 7.97. The summed E-state index contributed by atoms with van der Waals surface area (Å²) in [6.07, 6.45) is 6.61. The van der Waals surface area contributed by atoms with Gasteiger partial charge in [-0.2, -0.15) is 0 Å². The quantitative estimate of drug-likeness (QED) is 0.829. The maximum atomic E-state index is 12.6. The van der Waals surface area contributed by atoms with E-state index in [0.29, 0.717) is 5.92 Å². The monoisotopic (exact) mass is 342 g/mol. The number of aromatic amines is 1. The number of amides is 2. The summed E-state index contributed by atoms with van der Waals surface area (Å²) in [5.74, 6) is 0.707. The Morgan fingerprint density at radius 2 is 2.12 bits per heavy atom. The van der Waals surface area contributed by atoms with Crippen LogP contribution < -0.4 is 5.32 Å². The molecule has 0 aliphatic carbocycles. The zero-order chi connectivity index (χ0) is 17.6. The van der Waals surface area contributed by atoms with Crippen LogP contribution in [-0.2, 0) is 0 Å². The van der Waals surface area contributed by atoms with E-state index in [-0.39, 0.29) is 6.03 Å². The fourth-order valence-electron chi connectivity index (χ4n) is 3.67. The van der Waals surface area contributed by atoms with Crippen LogP contribution in [0.25, 0.3) is 10.9 Å². The Hall–Kier alpha value is -2.01. The number of likely N-dealkylation sites (tertiary alicyclic amines) is 1. The second kappa shape index (κ2) is 8.39. The minimum Gasteiger partial charge on any atom is -0.361 e. The highest BCUT2D eigenvalue weighted by Crippen LogP contribution is 2.24. The molecule has 1 saturated heterocycles. The fourth-order valence-corrected chi connectivity index (χ4v) is 3.67. The van der Waals surface area contributed by atoms with E-state index in [0.717, 1.165) is 49.1 Å². The van der Waals surface area contributed by atoms with E-state index in [1.54, 1.807) is 0 Å². The van der Waals surface area contributed by atoms with Crippen molar-refractivity contribution in [2.24, 2.45) is 5.92 Å². The minimum absolute atomic E-state index is 0.0199. The smallest absolute Gasteiger partial charge is 0.321 e. The van der Waals surface area contributed by atoms with Crippen molar-refractivity contribution in [1.82, 2.24) is 14.8 Å². The lowest BCUT2D eigenvalue weighted by molar-refractivity contribution is 0.163. The van der Waals surface area contributed by atoms with E-state index >= 15 is 0 Å². The second-order valence-corrected chi connectivity index (χ2v) is 7.22. The van der Waals surface area contributed by atoms with Gasteiger partial charge in [-0.3, -0.25) is 0 Å². The topological polar surface area (TPSA) is 51.4 Å². The van der Waals surface area contributed by atoms with Crippen LogP contribution in [0, 0.1) is 5.92 Å². The molecule has 0 unspecified atom stereocenters. The zero-order valence-electron chi connectivity index (χ0n) is 15.4. The van der Waals surface area contributed by atoms with Crippen molar-refractivity contribution in [3.63, 3.8) is 0 Å².